The van der Waals surface area contributed by atoms with Crippen molar-refractivity contribution >= 4 is 10.0 Å². The Bertz CT molecular complexity index is 737. The first-order valence-electron chi connectivity index (χ1n) is 5.95. The fraction of sp³-hybridized carbons (Fsp3) is 0.143. The molecule has 0 fully saturated rings. The summed E-state index contributed by atoms with van der Waals surface area (Å²) in [5.74, 6) is 0. The molecule has 0 amide bonds. The zero-order valence-electron chi connectivity index (χ0n) is 10.8. The standard InChI is InChI=1S/C14H13N3O2S/c1-11(13-5-3-7-16-10-13)17-20(18,19)14-6-2-4-12(8-14)9-15/h2-8,10-11,17H,1H3. The zero-order chi connectivity index (χ0) is 14.6. The van der Waals surface area contributed by atoms with E-state index in [9.17, 15) is 8.42 Å². The van der Waals surface area contributed by atoms with Gasteiger partial charge in [0, 0.05) is 18.4 Å². The molecule has 0 radical (unpaired) electrons. The largest absolute Gasteiger partial charge is 0.264 e. The highest BCUT2D eigenvalue weighted by molar-refractivity contribution is 7.89. The Morgan fingerprint density at radius 3 is 2.75 bits per heavy atom. The van der Waals surface area contributed by atoms with Crippen LogP contribution in [0.5, 0.6) is 0 Å². The number of sulfonamides is 1. The molecule has 1 N–H and O–H groups in total. The average Bonchev–Trinajstić information content (AvgIpc) is 2.48. The normalized spacial score (nSPS) is 12.6. The first kappa shape index (κ1) is 14.2. The molecule has 1 heterocycles. The first-order valence-corrected chi connectivity index (χ1v) is 7.43. The number of nitrogens with one attached hydrogen (secondary N) is 1. The third-order valence-electron chi connectivity index (χ3n) is 2.79. The summed E-state index contributed by atoms with van der Waals surface area (Å²) in [5, 5.41) is 8.81. The summed E-state index contributed by atoms with van der Waals surface area (Å²) in [6.07, 6.45) is 3.24. The molecule has 0 bridgehead atoms. The summed E-state index contributed by atoms with van der Waals surface area (Å²) in [5.41, 5.74) is 1.08. The van der Waals surface area contributed by atoms with E-state index in [1.165, 1.54) is 12.1 Å². The number of nitriles is 1. The Hall–Kier alpha value is -2.23. The van der Waals surface area contributed by atoms with Gasteiger partial charge in [-0.2, -0.15) is 5.26 Å². The van der Waals surface area contributed by atoms with Crippen molar-refractivity contribution in [3.8, 4) is 6.07 Å². The fourth-order valence-electron chi connectivity index (χ4n) is 1.73. The molecule has 0 saturated heterocycles. The maximum absolute atomic E-state index is 12.2. The predicted octanol–water partition coefficient (Wildman–Crippen LogP) is 1.99. The van der Waals surface area contributed by atoms with Gasteiger partial charge in [-0.1, -0.05) is 12.1 Å². The van der Waals surface area contributed by atoms with Crippen LogP contribution >= 0.6 is 0 Å². The van der Waals surface area contributed by atoms with Crippen LogP contribution in [0.4, 0.5) is 0 Å². The number of hydrogen-bond acceptors (Lipinski definition) is 4. The molecule has 2 rings (SSSR count). The molecule has 20 heavy (non-hydrogen) atoms. The summed E-state index contributed by atoms with van der Waals surface area (Å²) >= 11 is 0. The molecule has 1 atom stereocenters. The first-order chi connectivity index (χ1) is 9.53. The molecule has 5 nitrogen and oxygen atoms in total. The Morgan fingerprint density at radius 2 is 2.10 bits per heavy atom. The van der Waals surface area contributed by atoms with Crippen LogP contribution in [0.3, 0.4) is 0 Å². The monoisotopic (exact) mass is 287 g/mol. The molecule has 1 aromatic heterocycles. The molecule has 0 spiro atoms. The third kappa shape index (κ3) is 3.20. The van der Waals surface area contributed by atoms with Crippen LogP contribution in [0.2, 0.25) is 0 Å². The maximum Gasteiger partial charge on any atom is 0.241 e. The molecule has 0 saturated carbocycles. The highest BCUT2D eigenvalue weighted by Gasteiger charge is 2.18. The minimum atomic E-state index is -3.67. The van der Waals surface area contributed by atoms with Crippen molar-refractivity contribution < 1.29 is 8.42 Å². The van der Waals surface area contributed by atoms with Crippen molar-refractivity contribution in [2.75, 3.05) is 0 Å². The Balaban J connectivity index is 2.25. The molecule has 1 aromatic carbocycles. The van der Waals surface area contributed by atoms with E-state index >= 15 is 0 Å². The van der Waals surface area contributed by atoms with Gasteiger partial charge in [0.25, 0.3) is 0 Å². The molecular weight excluding hydrogens is 274 g/mol. The van der Waals surface area contributed by atoms with Crippen molar-refractivity contribution in [2.24, 2.45) is 0 Å². The van der Waals surface area contributed by atoms with E-state index in [0.29, 0.717) is 5.56 Å². The lowest BCUT2D eigenvalue weighted by atomic mass is 10.2. The van der Waals surface area contributed by atoms with Gasteiger partial charge in [-0.3, -0.25) is 4.98 Å². The van der Waals surface area contributed by atoms with E-state index in [1.807, 2.05) is 6.07 Å². The van der Waals surface area contributed by atoms with Crippen LogP contribution in [-0.2, 0) is 10.0 Å². The Kier molecular flexibility index (Phi) is 4.13. The van der Waals surface area contributed by atoms with Gasteiger partial charge in [0.1, 0.15) is 0 Å². The Labute approximate surface area is 118 Å². The van der Waals surface area contributed by atoms with Crippen molar-refractivity contribution in [1.29, 1.82) is 5.26 Å². The van der Waals surface area contributed by atoms with E-state index in [0.717, 1.165) is 5.56 Å². The minimum Gasteiger partial charge on any atom is -0.264 e. The van der Waals surface area contributed by atoms with Crippen LogP contribution < -0.4 is 4.72 Å². The quantitative estimate of drug-likeness (QED) is 0.932. The smallest absolute Gasteiger partial charge is 0.241 e. The molecule has 6 heteroatoms. The molecule has 0 aliphatic heterocycles. The minimum absolute atomic E-state index is 0.0762. The fourth-order valence-corrected chi connectivity index (χ4v) is 3.01. The van der Waals surface area contributed by atoms with Crippen LogP contribution in [0, 0.1) is 11.3 Å². The zero-order valence-corrected chi connectivity index (χ0v) is 11.6. The van der Waals surface area contributed by atoms with Gasteiger partial charge < -0.3 is 0 Å². The molecule has 1 unspecified atom stereocenters. The highest BCUT2D eigenvalue weighted by Crippen LogP contribution is 2.16. The van der Waals surface area contributed by atoms with Gasteiger partial charge in [0.15, 0.2) is 0 Å². The van der Waals surface area contributed by atoms with Gasteiger partial charge in [-0.25, -0.2) is 13.1 Å². The predicted molar refractivity (Wildman–Crippen MR) is 74.1 cm³/mol. The SMILES string of the molecule is CC(NS(=O)(=O)c1cccc(C#N)c1)c1cccnc1. The van der Waals surface area contributed by atoms with Gasteiger partial charge in [-0.05, 0) is 36.8 Å². The number of benzene rings is 1. The summed E-state index contributed by atoms with van der Waals surface area (Å²) in [4.78, 5) is 4.03. The molecule has 0 aliphatic rings. The molecule has 0 aliphatic carbocycles. The van der Waals surface area contributed by atoms with Crippen molar-refractivity contribution in [2.45, 2.75) is 17.9 Å². The highest BCUT2D eigenvalue weighted by atomic mass is 32.2. The van der Waals surface area contributed by atoms with Gasteiger partial charge >= 0.3 is 0 Å². The van der Waals surface area contributed by atoms with Crippen LogP contribution in [0.1, 0.15) is 24.1 Å². The summed E-state index contributed by atoms with van der Waals surface area (Å²) in [6, 6.07) is 11.0. The average molecular weight is 287 g/mol. The number of aromatic nitrogens is 1. The van der Waals surface area contributed by atoms with Gasteiger partial charge in [0.2, 0.25) is 10.0 Å². The summed E-state index contributed by atoms with van der Waals surface area (Å²) in [6.45, 7) is 1.74. The van der Waals surface area contributed by atoms with Gasteiger partial charge in [0.05, 0.1) is 16.5 Å². The van der Waals surface area contributed by atoms with Crippen molar-refractivity contribution in [3.05, 3.63) is 59.9 Å². The second-order valence-electron chi connectivity index (χ2n) is 4.27. The van der Waals surface area contributed by atoms with E-state index in [4.69, 9.17) is 5.26 Å². The number of pyridine rings is 1. The summed E-state index contributed by atoms with van der Waals surface area (Å²) in [7, 11) is -3.67. The lowest BCUT2D eigenvalue weighted by Gasteiger charge is -2.14. The number of hydrogen-bond donors (Lipinski definition) is 1. The van der Waals surface area contributed by atoms with Crippen molar-refractivity contribution in [1.82, 2.24) is 9.71 Å². The Morgan fingerprint density at radius 1 is 1.30 bits per heavy atom. The van der Waals surface area contributed by atoms with Gasteiger partial charge in [-0.15, -0.1) is 0 Å². The van der Waals surface area contributed by atoms with Crippen LogP contribution in [0.15, 0.2) is 53.7 Å². The molecule has 102 valence electrons. The summed E-state index contributed by atoms with van der Waals surface area (Å²) < 4.78 is 27.0. The van der Waals surface area contributed by atoms with Crippen LogP contribution in [0.25, 0.3) is 0 Å². The van der Waals surface area contributed by atoms with E-state index in [-0.39, 0.29) is 4.90 Å². The molecular formula is C14H13N3O2S. The lowest BCUT2D eigenvalue weighted by Crippen LogP contribution is -2.27. The topological polar surface area (TPSA) is 82.9 Å². The van der Waals surface area contributed by atoms with Crippen LogP contribution in [-0.4, -0.2) is 13.4 Å². The van der Waals surface area contributed by atoms with E-state index < -0.39 is 16.1 Å². The second kappa shape index (κ2) is 5.82. The number of nitrogens with zero attached hydrogens (tertiary/aromatic N) is 2. The lowest BCUT2D eigenvalue weighted by molar-refractivity contribution is 0.566. The molecule has 2 aromatic rings. The van der Waals surface area contributed by atoms with E-state index in [2.05, 4.69) is 9.71 Å². The third-order valence-corrected chi connectivity index (χ3v) is 4.33. The van der Waals surface area contributed by atoms with E-state index in [1.54, 1.807) is 43.6 Å². The number of rotatable bonds is 4. The second-order valence-corrected chi connectivity index (χ2v) is 5.98. The maximum atomic E-state index is 12.2. The van der Waals surface area contributed by atoms with Crippen molar-refractivity contribution in [3.63, 3.8) is 0 Å².